The SMILES string of the molecule is C1=Cc2cn[nH]c2C=CO1. The summed E-state index contributed by atoms with van der Waals surface area (Å²) in [6.07, 6.45) is 8.68. The van der Waals surface area contributed by atoms with Crippen molar-refractivity contribution in [1.29, 1.82) is 0 Å². The Morgan fingerprint density at radius 1 is 1.30 bits per heavy atom. The average molecular weight is 134 g/mol. The number of fused-ring (bicyclic) bond motifs is 1. The summed E-state index contributed by atoms with van der Waals surface area (Å²) in [5.41, 5.74) is 2.03. The second kappa shape index (κ2) is 2.02. The number of hydrogen-bond donors (Lipinski definition) is 1. The van der Waals surface area contributed by atoms with Crippen LogP contribution in [0.2, 0.25) is 0 Å². The molecule has 2 rings (SSSR count). The molecule has 50 valence electrons. The van der Waals surface area contributed by atoms with Crippen LogP contribution in [0, 0.1) is 0 Å². The van der Waals surface area contributed by atoms with Gasteiger partial charge in [-0.15, -0.1) is 0 Å². The van der Waals surface area contributed by atoms with Gasteiger partial charge in [0.15, 0.2) is 0 Å². The van der Waals surface area contributed by atoms with E-state index in [0.29, 0.717) is 0 Å². The molecule has 0 saturated carbocycles. The second-order valence-electron chi connectivity index (χ2n) is 1.98. The van der Waals surface area contributed by atoms with Crippen molar-refractivity contribution < 1.29 is 4.74 Å². The molecule has 1 N–H and O–H groups in total. The Hall–Kier alpha value is -1.51. The summed E-state index contributed by atoms with van der Waals surface area (Å²) in [6.45, 7) is 0. The molecule has 0 unspecified atom stereocenters. The highest BCUT2D eigenvalue weighted by Crippen LogP contribution is 2.11. The van der Waals surface area contributed by atoms with Gasteiger partial charge in [0, 0.05) is 5.56 Å². The van der Waals surface area contributed by atoms with Crippen LogP contribution in [0.25, 0.3) is 12.2 Å². The first kappa shape index (κ1) is 5.29. The van der Waals surface area contributed by atoms with E-state index in [-0.39, 0.29) is 0 Å². The molecule has 1 aliphatic rings. The highest BCUT2D eigenvalue weighted by atomic mass is 16.5. The van der Waals surface area contributed by atoms with Gasteiger partial charge in [-0.05, 0) is 12.2 Å². The van der Waals surface area contributed by atoms with Crippen molar-refractivity contribution in [2.24, 2.45) is 0 Å². The summed E-state index contributed by atoms with van der Waals surface area (Å²) in [5.74, 6) is 0. The number of ether oxygens (including phenoxy) is 1. The molecule has 0 radical (unpaired) electrons. The van der Waals surface area contributed by atoms with Gasteiger partial charge in [-0.1, -0.05) is 0 Å². The molecule has 0 fully saturated rings. The lowest BCUT2D eigenvalue weighted by molar-refractivity contribution is 0.411. The van der Waals surface area contributed by atoms with Gasteiger partial charge in [0.25, 0.3) is 0 Å². The summed E-state index contributed by atoms with van der Waals surface area (Å²) in [6, 6.07) is 0. The van der Waals surface area contributed by atoms with Gasteiger partial charge in [0.05, 0.1) is 24.4 Å². The van der Waals surface area contributed by atoms with E-state index in [4.69, 9.17) is 4.74 Å². The first-order valence-corrected chi connectivity index (χ1v) is 2.99. The standard InChI is InChI=1S/C7H6N2O/c1-3-10-4-2-7-6(1)5-8-9-7/h1-5H,(H,8,9). The van der Waals surface area contributed by atoms with E-state index in [1.807, 2.05) is 12.2 Å². The lowest BCUT2D eigenvalue weighted by atomic mass is 10.2. The fourth-order valence-corrected chi connectivity index (χ4v) is 0.837. The summed E-state index contributed by atoms with van der Waals surface area (Å²) in [5, 5.41) is 6.69. The molecule has 0 bridgehead atoms. The predicted octanol–water partition coefficient (Wildman–Crippen LogP) is 1.38. The maximum atomic E-state index is 4.93. The normalized spacial score (nSPS) is 14.0. The first-order valence-electron chi connectivity index (χ1n) is 2.99. The van der Waals surface area contributed by atoms with Crippen LogP contribution in [-0.2, 0) is 4.74 Å². The molecule has 0 atom stereocenters. The third-order valence-corrected chi connectivity index (χ3v) is 1.34. The zero-order valence-electron chi connectivity index (χ0n) is 5.24. The van der Waals surface area contributed by atoms with Gasteiger partial charge in [-0.25, -0.2) is 0 Å². The molecule has 3 heteroatoms. The number of nitrogens with one attached hydrogen (secondary N) is 1. The van der Waals surface area contributed by atoms with Crippen molar-refractivity contribution in [2.45, 2.75) is 0 Å². The predicted molar refractivity (Wildman–Crippen MR) is 37.7 cm³/mol. The van der Waals surface area contributed by atoms with E-state index < -0.39 is 0 Å². The van der Waals surface area contributed by atoms with Gasteiger partial charge in [-0.2, -0.15) is 5.10 Å². The van der Waals surface area contributed by atoms with Gasteiger partial charge in [0.2, 0.25) is 0 Å². The van der Waals surface area contributed by atoms with Gasteiger partial charge < -0.3 is 4.74 Å². The molecule has 2 heterocycles. The molecular formula is C7H6N2O. The highest BCUT2D eigenvalue weighted by Gasteiger charge is 1.98. The molecular weight excluding hydrogens is 128 g/mol. The van der Waals surface area contributed by atoms with E-state index in [2.05, 4.69) is 10.2 Å². The zero-order valence-corrected chi connectivity index (χ0v) is 5.24. The average Bonchev–Trinajstić information content (AvgIpc) is 2.28. The first-order chi connectivity index (χ1) is 4.97. The number of rotatable bonds is 0. The molecule has 1 aromatic rings. The van der Waals surface area contributed by atoms with Gasteiger partial charge >= 0.3 is 0 Å². The summed E-state index contributed by atoms with van der Waals surface area (Å²) in [4.78, 5) is 0. The molecule has 0 amide bonds. The van der Waals surface area contributed by atoms with Crippen molar-refractivity contribution in [3.8, 4) is 0 Å². The van der Waals surface area contributed by atoms with Crippen LogP contribution in [0.5, 0.6) is 0 Å². The van der Waals surface area contributed by atoms with Crippen molar-refractivity contribution in [3.05, 3.63) is 30.0 Å². The monoisotopic (exact) mass is 134 g/mol. The molecule has 1 aliphatic heterocycles. The third kappa shape index (κ3) is 0.719. The Bertz CT molecular complexity index is 259. The Kier molecular flexibility index (Phi) is 1.07. The molecule has 0 aliphatic carbocycles. The van der Waals surface area contributed by atoms with Gasteiger partial charge in [0.1, 0.15) is 0 Å². The molecule has 3 nitrogen and oxygen atoms in total. The van der Waals surface area contributed by atoms with E-state index >= 15 is 0 Å². The number of aromatic amines is 1. The van der Waals surface area contributed by atoms with Crippen molar-refractivity contribution in [2.75, 3.05) is 0 Å². The van der Waals surface area contributed by atoms with Crippen LogP contribution in [0.3, 0.4) is 0 Å². The number of hydrogen-bond acceptors (Lipinski definition) is 2. The fraction of sp³-hybridized carbons (Fsp3) is 0. The van der Waals surface area contributed by atoms with E-state index in [0.717, 1.165) is 11.3 Å². The summed E-state index contributed by atoms with van der Waals surface area (Å²) >= 11 is 0. The Morgan fingerprint density at radius 2 is 2.20 bits per heavy atom. The quantitative estimate of drug-likeness (QED) is 0.582. The van der Waals surface area contributed by atoms with Crippen molar-refractivity contribution in [1.82, 2.24) is 10.2 Å². The van der Waals surface area contributed by atoms with Crippen molar-refractivity contribution >= 4 is 12.2 Å². The molecule has 0 spiro atoms. The molecule has 0 aromatic carbocycles. The summed E-state index contributed by atoms with van der Waals surface area (Å²) < 4.78 is 4.93. The topological polar surface area (TPSA) is 37.9 Å². The summed E-state index contributed by atoms with van der Waals surface area (Å²) in [7, 11) is 0. The molecule has 10 heavy (non-hydrogen) atoms. The van der Waals surface area contributed by atoms with E-state index in [9.17, 15) is 0 Å². The Labute approximate surface area is 58.0 Å². The van der Waals surface area contributed by atoms with Crippen LogP contribution >= 0.6 is 0 Å². The van der Waals surface area contributed by atoms with Crippen molar-refractivity contribution in [3.63, 3.8) is 0 Å². The zero-order chi connectivity index (χ0) is 6.81. The van der Waals surface area contributed by atoms with Gasteiger partial charge in [-0.3, -0.25) is 5.10 Å². The van der Waals surface area contributed by atoms with Crippen LogP contribution in [0.1, 0.15) is 11.3 Å². The highest BCUT2D eigenvalue weighted by molar-refractivity contribution is 5.61. The van der Waals surface area contributed by atoms with E-state index in [1.165, 1.54) is 0 Å². The maximum absolute atomic E-state index is 4.93. The van der Waals surface area contributed by atoms with E-state index in [1.54, 1.807) is 18.7 Å². The minimum atomic E-state index is 0.980. The minimum absolute atomic E-state index is 0.980. The molecule has 1 aromatic heterocycles. The lowest BCUT2D eigenvalue weighted by Crippen LogP contribution is -1.72. The maximum Gasteiger partial charge on any atom is 0.0922 e. The minimum Gasteiger partial charge on any atom is -0.473 e. The lowest BCUT2D eigenvalue weighted by Gasteiger charge is -1.82. The number of nitrogens with zero attached hydrogens (tertiary/aromatic N) is 1. The van der Waals surface area contributed by atoms with Crippen LogP contribution in [0.15, 0.2) is 18.7 Å². The molecule has 0 saturated heterocycles. The smallest absolute Gasteiger partial charge is 0.0922 e. The Balaban J connectivity index is 2.56. The number of H-pyrrole nitrogens is 1. The largest absolute Gasteiger partial charge is 0.473 e. The fourth-order valence-electron chi connectivity index (χ4n) is 0.837. The second-order valence-corrected chi connectivity index (χ2v) is 1.98. The van der Waals surface area contributed by atoms with Crippen LogP contribution in [0.4, 0.5) is 0 Å². The Morgan fingerprint density at radius 3 is 3.20 bits per heavy atom. The van der Waals surface area contributed by atoms with Crippen LogP contribution < -0.4 is 0 Å². The van der Waals surface area contributed by atoms with Crippen LogP contribution in [-0.4, -0.2) is 10.2 Å². The number of aromatic nitrogens is 2. The third-order valence-electron chi connectivity index (χ3n) is 1.34.